The van der Waals surface area contributed by atoms with Crippen molar-refractivity contribution < 1.29 is 4.74 Å². The highest BCUT2D eigenvalue weighted by molar-refractivity contribution is 5.28. The molecule has 0 aliphatic heterocycles. The van der Waals surface area contributed by atoms with E-state index in [2.05, 4.69) is 36.3 Å². The highest BCUT2D eigenvalue weighted by Crippen LogP contribution is 2.13. The molecule has 2 aromatic rings. The maximum absolute atomic E-state index is 5.80. The van der Waals surface area contributed by atoms with Gasteiger partial charge >= 0.3 is 0 Å². The second kappa shape index (κ2) is 7.10. The van der Waals surface area contributed by atoms with E-state index in [1.165, 1.54) is 5.56 Å². The molecule has 0 atom stereocenters. The fourth-order valence-electron chi connectivity index (χ4n) is 1.96. The SMILES string of the molecule is CC(C)NCc1cccc(OCCc2nccn2C)c1. The summed E-state index contributed by atoms with van der Waals surface area (Å²) in [5, 5.41) is 3.41. The number of aryl methyl sites for hydroxylation is 1. The van der Waals surface area contributed by atoms with E-state index in [1.807, 2.05) is 36.1 Å². The third-order valence-corrected chi connectivity index (χ3v) is 3.13. The summed E-state index contributed by atoms with van der Waals surface area (Å²) in [5.74, 6) is 1.96. The summed E-state index contributed by atoms with van der Waals surface area (Å²) in [7, 11) is 2.00. The smallest absolute Gasteiger partial charge is 0.119 e. The van der Waals surface area contributed by atoms with Crippen molar-refractivity contribution in [3.05, 3.63) is 48.0 Å². The monoisotopic (exact) mass is 273 g/mol. The van der Waals surface area contributed by atoms with E-state index in [0.717, 1.165) is 24.5 Å². The molecule has 0 saturated carbocycles. The Hall–Kier alpha value is -1.81. The van der Waals surface area contributed by atoms with Gasteiger partial charge in [0, 0.05) is 38.4 Å². The fourth-order valence-corrected chi connectivity index (χ4v) is 1.96. The van der Waals surface area contributed by atoms with Crippen LogP contribution in [-0.2, 0) is 20.0 Å². The van der Waals surface area contributed by atoms with E-state index in [4.69, 9.17) is 4.74 Å². The first-order chi connectivity index (χ1) is 9.65. The Bertz CT molecular complexity index is 534. The van der Waals surface area contributed by atoms with Gasteiger partial charge in [-0.1, -0.05) is 26.0 Å². The minimum Gasteiger partial charge on any atom is -0.493 e. The topological polar surface area (TPSA) is 39.1 Å². The molecule has 0 saturated heterocycles. The molecule has 1 N–H and O–H groups in total. The number of imidazole rings is 1. The number of benzene rings is 1. The van der Waals surface area contributed by atoms with Crippen LogP contribution in [0.3, 0.4) is 0 Å². The van der Waals surface area contributed by atoms with Crippen molar-refractivity contribution in [1.82, 2.24) is 14.9 Å². The van der Waals surface area contributed by atoms with Gasteiger partial charge in [-0.15, -0.1) is 0 Å². The molecule has 0 bridgehead atoms. The molecular weight excluding hydrogens is 250 g/mol. The molecule has 0 amide bonds. The number of nitrogens with zero attached hydrogens (tertiary/aromatic N) is 2. The molecule has 20 heavy (non-hydrogen) atoms. The Morgan fingerprint density at radius 2 is 2.20 bits per heavy atom. The first-order valence-electron chi connectivity index (χ1n) is 7.06. The molecule has 1 heterocycles. The van der Waals surface area contributed by atoms with Gasteiger partial charge in [0.2, 0.25) is 0 Å². The van der Waals surface area contributed by atoms with Gasteiger partial charge in [0.05, 0.1) is 6.61 Å². The molecule has 1 aromatic heterocycles. The van der Waals surface area contributed by atoms with E-state index >= 15 is 0 Å². The third kappa shape index (κ3) is 4.38. The van der Waals surface area contributed by atoms with Gasteiger partial charge in [-0.3, -0.25) is 0 Å². The molecule has 0 spiro atoms. The lowest BCUT2D eigenvalue weighted by Crippen LogP contribution is -2.21. The van der Waals surface area contributed by atoms with Gasteiger partial charge in [-0.05, 0) is 17.7 Å². The number of aromatic nitrogens is 2. The van der Waals surface area contributed by atoms with Crippen LogP contribution in [0, 0.1) is 0 Å². The average molecular weight is 273 g/mol. The third-order valence-electron chi connectivity index (χ3n) is 3.13. The predicted octanol–water partition coefficient (Wildman–Crippen LogP) is 2.54. The Morgan fingerprint density at radius 1 is 1.35 bits per heavy atom. The van der Waals surface area contributed by atoms with Gasteiger partial charge in [0.1, 0.15) is 11.6 Å². The molecule has 0 aliphatic carbocycles. The molecule has 2 rings (SSSR count). The number of hydrogen-bond acceptors (Lipinski definition) is 3. The van der Waals surface area contributed by atoms with Crippen molar-refractivity contribution in [3.8, 4) is 5.75 Å². The summed E-state index contributed by atoms with van der Waals surface area (Å²) < 4.78 is 7.82. The predicted molar refractivity (Wildman–Crippen MR) is 80.8 cm³/mol. The molecule has 0 radical (unpaired) electrons. The van der Waals surface area contributed by atoms with Crippen molar-refractivity contribution in [2.75, 3.05) is 6.61 Å². The van der Waals surface area contributed by atoms with Gasteiger partial charge in [-0.25, -0.2) is 4.98 Å². The minimum atomic E-state index is 0.489. The summed E-state index contributed by atoms with van der Waals surface area (Å²) in [5.41, 5.74) is 1.24. The minimum absolute atomic E-state index is 0.489. The number of rotatable bonds is 7. The van der Waals surface area contributed by atoms with Crippen LogP contribution in [0.4, 0.5) is 0 Å². The van der Waals surface area contributed by atoms with Crippen LogP contribution < -0.4 is 10.1 Å². The summed E-state index contributed by atoms with van der Waals surface area (Å²) in [6, 6.07) is 8.72. The summed E-state index contributed by atoms with van der Waals surface area (Å²) >= 11 is 0. The van der Waals surface area contributed by atoms with Crippen molar-refractivity contribution in [1.29, 1.82) is 0 Å². The van der Waals surface area contributed by atoms with Crippen LogP contribution in [-0.4, -0.2) is 22.2 Å². The quantitative estimate of drug-likeness (QED) is 0.842. The average Bonchev–Trinajstić information content (AvgIpc) is 2.83. The molecule has 0 unspecified atom stereocenters. The zero-order valence-corrected chi connectivity index (χ0v) is 12.5. The Morgan fingerprint density at radius 3 is 2.90 bits per heavy atom. The van der Waals surface area contributed by atoms with Gasteiger partial charge < -0.3 is 14.6 Å². The van der Waals surface area contributed by atoms with Gasteiger partial charge in [0.15, 0.2) is 0 Å². The van der Waals surface area contributed by atoms with Crippen molar-refractivity contribution in [2.24, 2.45) is 7.05 Å². The van der Waals surface area contributed by atoms with Gasteiger partial charge in [-0.2, -0.15) is 0 Å². The lowest BCUT2D eigenvalue weighted by Gasteiger charge is -2.10. The molecule has 1 aromatic carbocycles. The summed E-state index contributed by atoms with van der Waals surface area (Å²) in [6.45, 7) is 5.81. The van der Waals surface area contributed by atoms with Gasteiger partial charge in [0.25, 0.3) is 0 Å². The van der Waals surface area contributed by atoms with E-state index in [1.54, 1.807) is 0 Å². The van der Waals surface area contributed by atoms with Crippen LogP contribution in [0.2, 0.25) is 0 Å². The molecular formula is C16H23N3O. The Balaban J connectivity index is 1.83. The Kier molecular flexibility index (Phi) is 5.18. The molecule has 0 aliphatic rings. The van der Waals surface area contributed by atoms with Crippen molar-refractivity contribution in [3.63, 3.8) is 0 Å². The van der Waals surface area contributed by atoms with Crippen molar-refractivity contribution >= 4 is 0 Å². The lowest BCUT2D eigenvalue weighted by atomic mass is 10.2. The molecule has 4 heteroatoms. The largest absolute Gasteiger partial charge is 0.493 e. The number of ether oxygens (including phenoxy) is 1. The lowest BCUT2D eigenvalue weighted by molar-refractivity contribution is 0.317. The maximum Gasteiger partial charge on any atom is 0.119 e. The van der Waals surface area contributed by atoms with E-state index < -0.39 is 0 Å². The highest BCUT2D eigenvalue weighted by atomic mass is 16.5. The highest BCUT2D eigenvalue weighted by Gasteiger charge is 2.01. The summed E-state index contributed by atoms with van der Waals surface area (Å²) in [4.78, 5) is 4.29. The first-order valence-corrected chi connectivity index (χ1v) is 7.06. The molecule has 0 fully saturated rings. The molecule has 108 valence electrons. The van der Waals surface area contributed by atoms with Crippen LogP contribution in [0.1, 0.15) is 25.2 Å². The standard InChI is InChI=1S/C16H23N3O/c1-13(2)18-12-14-5-4-6-15(11-14)20-10-7-16-17-8-9-19(16)3/h4-6,8-9,11,13,18H,7,10,12H2,1-3H3. The number of nitrogens with one attached hydrogen (secondary N) is 1. The zero-order valence-electron chi connectivity index (χ0n) is 12.5. The second-order valence-electron chi connectivity index (χ2n) is 5.24. The maximum atomic E-state index is 5.80. The first kappa shape index (κ1) is 14.6. The molecule has 4 nitrogen and oxygen atoms in total. The van der Waals surface area contributed by atoms with E-state index in [9.17, 15) is 0 Å². The fraction of sp³-hybridized carbons (Fsp3) is 0.438. The van der Waals surface area contributed by atoms with Crippen LogP contribution in [0.5, 0.6) is 5.75 Å². The van der Waals surface area contributed by atoms with Crippen LogP contribution in [0.25, 0.3) is 0 Å². The van der Waals surface area contributed by atoms with E-state index in [0.29, 0.717) is 12.6 Å². The zero-order chi connectivity index (χ0) is 14.4. The number of hydrogen-bond donors (Lipinski definition) is 1. The van der Waals surface area contributed by atoms with Crippen LogP contribution >= 0.6 is 0 Å². The van der Waals surface area contributed by atoms with Crippen molar-refractivity contribution in [2.45, 2.75) is 32.9 Å². The Labute approximate surface area is 120 Å². The summed E-state index contributed by atoms with van der Waals surface area (Å²) in [6.07, 6.45) is 4.58. The second-order valence-corrected chi connectivity index (χ2v) is 5.24. The van der Waals surface area contributed by atoms with E-state index in [-0.39, 0.29) is 0 Å². The van der Waals surface area contributed by atoms with Crippen LogP contribution in [0.15, 0.2) is 36.7 Å². The normalized spacial score (nSPS) is 11.0.